The molecule has 2 saturated carbocycles. The van der Waals surface area contributed by atoms with Crippen molar-refractivity contribution in [2.45, 2.75) is 51.1 Å². The molecule has 2 bridgehead atoms. The van der Waals surface area contributed by atoms with E-state index < -0.39 is 0 Å². The second-order valence-corrected chi connectivity index (χ2v) is 6.48. The molecule has 0 aromatic carbocycles. The zero-order valence-corrected chi connectivity index (χ0v) is 12.3. The molecule has 1 heterocycles. The molecule has 0 saturated heterocycles. The second-order valence-electron chi connectivity index (χ2n) is 6.48. The van der Waals surface area contributed by atoms with Crippen LogP contribution in [0.5, 0.6) is 0 Å². The maximum absolute atomic E-state index is 12.4. The highest BCUT2D eigenvalue weighted by Crippen LogP contribution is 2.39. The Morgan fingerprint density at radius 2 is 2.05 bits per heavy atom. The molecule has 2 aliphatic carbocycles. The maximum Gasteiger partial charge on any atom is 0.272 e. The van der Waals surface area contributed by atoms with Crippen LogP contribution in [0.25, 0.3) is 0 Å². The topological polar surface area (TPSA) is 72.9 Å². The van der Waals surface area contributed by atoms with Crippen molar-refractivity contribution in [1.82, 2.24) is 15.1 Å². The molecule has 1 amide bonds. The Morgan fingerprint density at radius 1 is 1.40 bits per heavy atom. The zero-order chi connectivity index (χ0) is 14.3. The van der Waals surface area contributed by atoms with Gasteiger partial charge in [-0.3, -0.25) is 9.48 Å². The van der Waals surface area contributed by atoms with E-state index >= 15 is 0 Å². The van der Waals surface area contributed by atoms with Crippen LogP contribution in [0.2, 0.25) is 0 Å². The van der Waals surface area contributed by atoms with Gasteiger partial charge in [0, 0.05) is 24.8 Å². The fourth-order valence-corrected chi connectivity index (χ4v) is 3.92. The van der Waals surface area contributed by atoms with E-state index in [1.165, 1.54) is 19.3 Å². The van der Waals surface area contributed by atoms with Crippen LogP contribution in [-0.2, 0) is 7.05 Å². The Labute approximate surface area is 119 Å². The van der Waals surface area contributed by atoms with E-state index in [4.69, 9.17) is 5.73 Å². The van der Waals surface area contributed by atoms with Gasteiger partial charge in [0.25, 0.3) is 5.91 Å². The van der Waals surface area contributed by atoms with Crippen molar-refractivity contribution in [3.8, 4) is 0 Å². The first-order valence-electron chi connectivity index (χ1n) is 7.61. The molecule has 1 aromatic rings. The summed E-state index contributed by atoms with van der Waals surface area (Å²) in [5.41, 5.74) is 7.65. The standard InChI is InChI=1S/C15H24N4O/c1-9-6-13(18-19(9)2)15(20)17-14-10-4-3-5-11(14)8-12(16)7-10/h6,10-12,14H,3-5,7-8,16H2,1-2H3,(H,17,20). The summed E-state index contributed by atoms with van der Waals surface area (Å²) in [5, 5.41) is 7.49. The van der Waals surface area contributed by atoms with Crippen molar-refractivity contribution in [2.24, 2.45) is 24.6 Å². The van der Waals surface area contributed by atoms with Crippen molar-refractivity contribution in [3.05, 3.63) is 17.5 Å². The number of amides is 1. The fraction of sp³-hybridized carbons (Fsp3) is 0.733. The second kappa shape index (κ2) is 5.20. The molecule has 3 rings (SSSR count). The van der Waals surface area contributed by atoms with Gasteiger partial charge in [0.1, 0.15) is 5.69 Å². The van der Waals surface area contributed by atoms with Crippen molar-refractivity contribution >= 4 is 5.91 Å². The Kier molecular flexibility index (Phi) is 3.54. The number of hydrogen-bond donors (Lipinski definition) is 2. The minimum Gasteiger partial charge on any atom is -0.347 e. The first kappa shape index (κ1) is 13.6. The van der Waals surface area contributed by atoms with E-state index in [2.05, 4.69) is 10.4 Å². The number of nitrogens with zero attached hydrogens (tertiary/aromatic N) is 2. The highest BCUT2D eigenvalue weighted by molar-refractivity contribution is 5.92. The summed E-state index contributed by atoms with van der Waals surface area (Å²) in [6.07, 6.45) is 5.75. The third-order valence-corrected chi connectivity index (χ3v) is 5.02. The number of fused-ring (bicyclic) bond motifs is 2. The molecule has 5 nitrogen and oxygen atoms in total. The lowest BCUT2D eigenvalue weighted by Crippen LogP contribution is -2.53. The quantitative estimate of drug-likeness (QED) is 0.856. The van der Waals surface area contributed by atoms with Gasteiger partial charge in [-0.05, 0) is 50.5 Å². The van der Waals surface area contributed by atoms with Gasteiger partial charge in [-0.25, -0.2) is 0 Å². The van der Waals surface area contributed by atoms with Crippen LogP contribution in [0.15, 0.2) is 6.07 Å². The maximum atomic E-state index is 12.4. The lowest BCUT2D eigenvalue weighted by Gasteiger charge is -2.45. The average Bonchev–Trinajstić information content (AvgIpc) is 2.71. The molecule has 2 aliphatic rings. The van der Waals surface area contributed by atoms with Gasteiger partial charge in [-0.1, -0.05) is 6.42 Å². The van der Waals surface area contributed by atoms with Gasteiger partial charge in [0.2, 0.25) is 0 Å². The highest BCUT2D eigenvalue weighted by Gasteiger charge is 2.40. The SMILES string of the molecule is Cc1cc(C(=O)NC2C3CCCC2CC(N)C3)nn1C. The Hall–Kier alpha value is -1.36. The van der Waals surface area contributed by atoms with E-state index in [0.717, 1.165) is 18.5 Å². The molecular formula is C15H24N4O. The number of carbonyl (C=O) groups is 1. The molecule has 3 N–H and O–H groups in total. The molecule has 5 heteroatoms. The summed E-state index contributed by atoms with van der Waals surface area (Å²) in [5.74, 6) is 1.06. The van der Waals surface area contributed by atoms with Gasteiger partial charge in [0.05, 0.1) is 0 Å². The molecule has 0 radical (unpaired) electrons. The van der Waals surface area contributed by atoms with E-state index in [-0.39, 0.29) is 5.91 Å². The molecule has 0 spiro atoms. The molecule has 20 heavy (non-hydrogen) atoms. The third-order valence-electron chi connectivity index (χ3n) is 5.02. The van der Waals surface area contributed by atoms with Crippen molar-refractivity contribution < 1.29 is 4.79 Å². The van der Waals surface area contributed by atoms with Gasteiger partial charge in [-0.15, -0.1) is 0 Å². The normalized spacial score (nSPS) is 33.0. The first-order chi connectivity index (χ1) is 9.54. The van der Waals surface area contributed by atoms with Crippen molar-refractivity contribution in [2.75, 3.05) is 0 Å². The van der Waals surface area contributed by atoms with Crippen LogP contribution in [0.4, 0.5) is 0 Å². The minimum atomic E-state index is -0.0360. The molecular weight excluding hydrogens is 252 g/mol. The fourth-order valence-electron chi connectivity index (χ4n) is 3.92. The van der Waals surface area contributed by atoms with E-state index in [1.54, 1.807) is 4.68 Å². The number of aryl methyl sites for hydroxylation is 2. The first-order valence-corrected chi connectivity index (χ1v) is 7.61. The lowest BCUT2D eigenvalue weighted by atomic mass is 9.67. The third kappa shape index (κ3) is 2.46. The molecule has 0 aliphatic heterocycles. The molecule has 2 unspecified atom stereocenters. The smallest absolute Gasteiger partial charge is 0.272 e. The lowest BCUT2D eigenvalue weighted by molar-refractivity contribution is 0.0751. The Balaban J connectivity index is 1.72. The molecule has 1 aromatic heterocycles. The number of carbonyl (C=O) groups excluding carboxylic acids is 1. The van der Waals surface area contributed by atoms with Crippen LogP contribution >= 0.6 is 0 Å². The van der Waals surface area contributed by atoms with E-state index in [0.29, 0.717) is 29.6 Å². The number of rotatable bonds is 2. The van der Waals surface area contributed by atoms with Gasteiger partial charge in [-0.2, -0.15) is 5.10 Å². The van der Waals surface area contributed by atoms with Gasteiger partial charge < -0.3 is 11.1 Å². The average molecular weight is 276 g/mol. The summed E-state index contributed by atoms with van der Waals surface area (Å²) < 4.78 is 1.74. The monoisotopic (exact) mass is 276 g/mol. The largest absolute Gasteiger partial charge is 0.347 e. The number of nitrogens with one attached hydrogen (secondary N) is 1. The van der Waals surface area contributed by atoms with Crippen LogP contribution in [-0.4, -0.2) is 27.8 Å². The van der Waals surface area contributed by atoms with Crippen LogP contribution in [0.1, 0.15) is 48.3 Å². The summed E-state index contributed by atoms with van der Waals surface area (Å²) in [6, 6.07) is 2.45. The van der Waals surface area contributed by atoms with Crippen LogP contribution in [0.3, 0.4) is 0 Å². The van der Waals surface area contributed by atoms with E-state index in [1.807, 2.05) is 20.0 Å². The number of hydrogen-bond acceptors (Lipinski definition) is 3. The predicted octanol–water partition coefficient (Wildman–Crippen LogP) is 1.36. The Morgan fingerprint density at radius 3 is 2.60 bits per heavy atom. The summed E-state index contributed by atoms with van der Waals surface area (Å²) in [4.78, 5) is 12.4. The minimum absolute atomic E-state index is 0.0360. The van der Waals surface area contributed by atoms with Crippen molar-refractivity contribution in [1.29, 1.82) is 0 Å². The van der Waals surface area contributed by atoms with Crippen LogP contribution in [0, 0.1) is 18.8 Å². The summed E-state index contributed by atoms with van der Waals surface area (Å²) in [6.45, 7) is 1.96. The Bertz CT molecular complexity index is 476. The van der Waals surface area contributed by atoms with Crippen LogP contribution < -0.4 is 11.1 Å². The summed E-state index contributed by atoms with van der Waals surface area (Å²) in [7, 11) is 1.86. The van der Waals surface area contributed by atoms with Crippen molar-refractivity contribution in [3.63, 3.8) is 0 Å². The van der Waals surface area contributed by atoms with E-state index in [9.17, 15) is 4.79 Å². The zero-order valence-electron chi connectivity index (χ0n) is 12.3. The molecule has 2 atom stereocenters. The highest BCUT2D eigenvalue weighted by atomic mass is 16.2. The number of nitrogens with two attached hydrogens (primary N) is 1. The van der Waals surface area contributed by atoms with Gasteiger partial charge in [0.15, 0.2) is 0 Å². The van der Waals surface area contributed by atoms with Gasteiger partial charge >= 0.3 is 0 Å². The number of aromatic nitrogens is 2. The molecule has 110 valence electrons. The summed E-state index contributed by atoms with van der Waals surface area (Å²) >= 11 is 0. The predicted molar refractivity (Wildman–Crippen MR) is 77.2 cm³/mol. The molecule has 2 fully saturated rings.